The van der Waals surface area contributed by atoms with Gasteiger partial charge in [-0.15, -0.1) is 0 Å². The summed E-state index contributed by atoms with van der Waals surface area (Å²) in [6.07, 6.45) is 4.19. The Hall–Kier alpha value is -1.62. The van der Waals surface area contributed by atoms with Gasteiger partial charge in [-0.3, -0.25) is 0 Å². The van der Waals surface area contributed by atoms with E-state index in [0.717, 1.165) is 9.54 Å². The SMILES string of the molecule is CC(C)c1ccccc1S(=O)(=O)n1ccnc1. The van der Waals surface area contributed by atoms with Crippen LogP contribution in [0.2, 0.25) is 0 Å². The average molecular weight is 250 g/mol. The summed E-state index contributed by atoms with van der Waals surface area (Å²) in [6, 6.07) is 7.05. The van der Waals surface area contributed by atoms with Crippen molar-refractivity contribution in [2.45, 2.75) is 24.7 Å². The fourth-order valence-electron chi connectivity index (χ4n) is 1.70. The second-order valence-corrected chi connectivity index (χ2v) is 5.90. The molecule has 0 spiro atoms. The van der Waals surface area contributed by atoms with E-state index in [-0.39, 0.29) is 5.92 Å². The lowest BCUT2D eigenvalue weighted by Crippen LogP contribution is -2.13. The van der Waals surface area contributed by atoms with Gasteiger partial charge in [0.15, 0.2) is 0 Å². The maximum Gasteiger partial charge on any atom is 0.269 e. The number of imidazole rings is 1. The lowest BCUT2D eigenvalue weighted by Gasteiger charge is -2.13. The van der Waals surface area contributed by atoms with Crippen molar-refractivity contribution in [1.29, 1.82) is 0 Å². The Balaban J connectivity index is 2.62. The number of hydrogen-bond donors (Lipinski definition) is 0. The number of rotatable bonds is 3. The van der Waals surface area contributed by atoms with Gasteiger partial charge in [0.05, 0.1) is 4.90 Å². The van der Waals surface area contributed by atoms with E-state index < -0.39 is 10.0 Å². The predicted octanol–water partition coefficient (Wildman–Crippen LogP) is 2.24. The van der Waals surface area contributed by atoms with E-state index in [9.17, 15) is 8.42 Å². The smallest absolute Gasteiger partial charge is 0.244 e. The van der Waals surface area contributed by atoms with Crippen LogP contribution in [0.5, 0.6) is 0 Å². The molecule has 1 heterocycles. The molecule has 0 radical (unpaired) electrons. The van der Waals surface area contributed by atoms with Crippen molar-refractivity contribution in [2.75, 3.05) is 0 Å². The normalized spacial score (nSPS) is 11.9. The number of benzene rings is 1. The van der Waals surface area contributed by atoms with Gasteiger partial charge in [0.25, 0.3) is 10.0 Å². The molecule has 0 fully saturated rings. The Morgan fingerprint density at radius 3 is 2.53 bits per heavy atom. The highest BCUT2D eigenvalue weighted by Crippen LogP contribution is 2.24. The summed E-state index contributed by atoms with van der Waals surface area (Å²) in [5, 5.41) is 0. The first-order valence-corrected chi connectivity index (χ1v) is 6.80. The fraction of sp³-hybridized carbons (Fsp3) is 0.250. The monoisotopic (exact) mass is 250 g/mol. The standard InChI is InChI=1S/C12H14N2O2S/c1-10(2)11-5-3-4-6-12(11)17(15,16)14-8-7-13-9-14/h3-10H,1-2H3. The topological polar surface area (TPSA) is 52.0 Å². The molecule has 0 saturated carbocycles. The van der Waals surface area contributed by atoms with Gasteiger partial charge in [-0.2, -0.15) is 0 Å². The molecule has 0 unspecified atom stereocenters. The number of aromatic nitrogens is 2. The van der Waals surface area contributed by atoms with Gasteiger partial charge in [0.1, 0.15) is 6.33 Å². The third kappa shape index (κ3) is 2.10. The Kier molecular flexibility index (Phi) is 3.02. The van der Waals surface area contributed by atoms with Crippen LogP contribution in [0.3, 0.4) is 0 Å². The van der Waals surface area contributed by atoms with Crippen LogP contribution in [0.25, 0.3) is 0 Å². The van der Waals surface area contributed by atoms with Gasteiger partial charge in [-0.05, 0) is 17.5 Å². The molecule has 90 valence electrons. The van der Waals surface area contributed by atoms with Crippen LogP contribution in [0.15, 0.2) is 47.9 Å². The Labute approximate surface area is 101 Å². The maximum absolute atomic E-state index is 12.3. The molecule has 4 nitrogen and oxygen atoms in total. The van der Waals surface area contributed by atoms with Crippen LogP contribution >= 0.6 is 0 Å². The Bertz CT molecular complexity index is 601. The van der Waals surface area contributed by atoms with Crippen LogP contribution in [0, 0.1) is 0 Å². The van der Waals surface area contributed by atoms with Gasteiger partial charge in [0, 0.05) is 12.4 Å². The van der Waals surface area contributed by atoms with E-state index in [0.29, 0.717) is 4.90 Å². The average Bonchev–Trinajstić information content (AvgIpc) is 2.83. The molecule has 2 rings (SSSR count). The second kappa shape index (κ2) is 4.33. The molecular formula is C12H14N2O2S. The zero-order valence-corrected chi connectivity index (χ0v) is 10.6. The predicted molar refractivity (Wildman–Crippen MR) is 65.3 cm³/mol. The van der Waals surface area contributed by atoms with Crippen molar-refractivity contribution in [1.82, 2.24) is 8.96 Å². The minimum absolute atomic E-state index is 0.157. The molecule has 1 aromatic heterocycles. The summed E-state index contributed by atoms with van der Waals surface area (Å²) in [5.74, 6) is 0.157. The van der Waals surface area contributed by atoms with Crippen LogP contribution in [0.1, 0.15) is 25.3 Å². The summed E-state index contributed by atoms with van der Waals surface area (Å²) >= 11 is 0. The van der Waals surface area contributed by atoms with Crippen molar-refractivity contribution in [3.8, 4) is 0 Å². The van der Waals surface area contributed by atoms with E-state index in [1.165, 1.54) is 18.7 Å². The van der Waals surface area contributed by atoms with Gasteiger partial charge >= 0.3 is 0 Å². The van der Waals surface area contributed by atoms with Gasteiger partial charge in [-0.25, -0.2) is 17.4 Å². The molecule has 0 aliphatic carbocycles. The summed E-state index contributed by atoms with van der Waals surface area (Å²) in [6.45, 7) is 3.95. The minimum Gasteiger partial charge on any atom is -0.244 e. The minimum atomic E-state index is -3.52. The summed E-state index contributed by atoms with van der Waals surface area (Å²) in [5.41, 5.74) is 0.821. The van der Waals surface area contributed by atoms with Gasteiger partial charge in [0.2, 0.25) is 0 Å². The molecule has 0 amide bonds. The van der Waals surface area contributed by atoms with E-state index >= 15 is 0 Å². The zero-order chi connectivity index (χ0) is 12.5. The summed E-state index contributed by atoms with van der Waals surface area (Å²) in [4.78, 5) is 4.11. The Morgan fingerprint density at radius 2 is 1.94 bits per heavy atom. The van der Waals surface area contributed by atoms with Crippen LogP contribution in [-0.4, -0.2) is 17.4 Å². The molecule has 17 heavy (non-hydrogen) atoms. The molecule has 0 aliphatic rings. The quantitative estimate of drug-likeness (QED) is 0.839. The van der Waals surface area contributed by atoms with Gasteiger partial charge < -0.3 is 0 Å². The highest BCUT2D eigenvalue weighted by Gasteiger charge is 2.20. The number of hydrogen-bond acceptors (Lipinski definition) is 3. The highest BCUT2D eigenvalue weighted by atomic mass is 32.2. The van der Waals surface area contributed by atoms with Gasteiger partial charge in [-0.1, -0.05) is 32.0 Å². The molecule has 0 bridgehead atoms. The third-order valence-electron chi connectivity index (χ3n) is 2.58. The van der Waals surface area contributed by atoms with Crippen LogP contribution in [0.4, 0.5) is 0 Å². The third-order valence-corrected chi connectivity index (χ3v) is 4.28. The molecule has 0 N–H and O–H groups in total. The first kappa shape index (κ1) is 11.9. The molecule has 5 heteroatoms. The number of nitrogens with zero attached hydrogens (tertiary/aromatic N) is 2. The maximum atomic E-state index is 12.3. The van der Waals surface area contributed by atoms with E-state index in [2.05, 4.69) is 4.98 Å². The van der Waals surface area contributed by atoms with Crippen LogP contribution in [-0.2, 0) is 10.0 Å². The lowest BCUT2D eigenvalue weighted by molar-refractivity contribution is 0.585. The zero-order valence-electron chi connectivity index (χ0n) is 9.74. The van der Waals surface area contributed by atoms with Crippen molar-refractivity contribution in [3.05, 3.63) is 48.5 Å². The first-order valence-electron chi connectivity index (χ1n) is 5.36. The van der Waals surface area contributed by atoms with Crippen molar-refractivity contribution >= 4 is 10.0 Å². The summed E-state index contributed by atoms with van der Waals surface area (Å²) < 4.78 is 25.8. The molecule has 0 saturated heterocycles. The van der Waals surface area contributed by atoms with E-state index in [4.69, 9.17) is 0 Å². The summed E-state index contributed by atoms with van der Waals surface area (Å²) in [7, 11) is -3.52. The Morgan fingerprint density at radius 1 is 1.24 bits per heavy atom. The fourth-order valence-corrected chi connectivity index (χ4v) is 3.17. The van der Waals surface area contributed by atoms with Crippen molar-refractivity contribution in [2.24, 2.45) is 0 Å². The van der Waals surface area contributed by atoms with Crippen molar-refractivity contribution in [3.63, 3.8) is 0 Å². The van der Waals surface area contributed by atoms with Crippen LogP contribution < -0.4 is 0 Å². The molecule has 2 aromatic rings. The molecule has 1 aromatic carbocycles. The molecule has 0 atom stereocenters. The van der Waals surface area contributed by atoms with E-state index in [1.54, 1.807) is 12.1 Å². The highest BCUT2D eigenvalue weighted by molar-refractivity contribution is 7.90. The first-order chi connectivity index (χ1) is 8.03. The second-order valence-electron chi connectivity index (χ2n) is 4.09. The lowest BCUT2D eigenvalue weighted by atomic mass is 10.0. The molecule has 0 aliphatic heterocycles. The molecular weight excluding hydrogens is 236 g/mol. The largest absolute Gasteiger partial charge is 0.269 e. The van der Waals surface area contributed by atoms with Crippen molar-refractivity contribution < 1.29 is 8.42 Å². The van der Waals surface area contributed by atoms with E-state index in [1.807, 2.05) is 26.0 Å².